The summed E-state index contributed by atoms with van der Waals surface area (Å²) in [4.78, 5) is 0. The molecule has 5 nitrogen and oxygen atoms in total. The van der Waals surface area contributed by atoms with Crippen molar-refractivity contribution in [3.8, 4) is 6.07 Å². The fourth-order valence-corrected chi connectivity index (χ4v) is 3.47. The molecule has 4 atom stereocenters. The molecule has 1 fully saturated rings. The fourth-order valence-electron chi connectivity index (χ4n) is 3.47. The van der Waals surface area contributed by atoms with Gasteiger partial charge in [0.2, 0.25) is 0 Å². The van der Waals surface area contributed by atoms with Crippen molar-refractivity contribution in [3.63, 3.8) is 0 Å². The van der Waals surface area contributed by atoms with Gasteiger partial charge in [0, 0.05) is 11.8 Å². The third-order valence-corrected chi connectivity index (χ3v) is 4.38. The lowest BCUT2D eigenvalue weighted by Crippen LogP contribution is -2.43. The Morgan fingerprint density at radius 1 is 1.24 bits per heavy atom. The van der Waals surface area contributed by atoms with Crippen LogP contribution in [0.3, 0.4) is 0 Å². The molecule has 0 aliphatic carbocycles. The lowest BCUT2D eigenvalue weighted by Gasteiger charge is -2.37. The summed E-state index contributed by atoms with van der Waals surface area (Å²) >= 11 is 0. The number of hydrogen-bond donors (Lipinski definition) is 3. The second-order valence-corrected chi connectivity index (χ2v) is 5.95. The molecular formula is C16H20N4O. The molecule has 0 aromatic heterocycles. The smallest absolute Gasteiger partial charge is 0.200 e. The zero-order valence-corrected chi connectivity index (χ0v) is 12.2. The average molecular weight is 284 g/mol. The highest BCUT2D eigenvalue weighted by molar-refractivity contribution is 5.33. The zero-order chi connectivity index (χ0) is 15.0. The molecule has 2 aliphatic heterocycles. The number of ether oxygens (including phenoxy) is 1. The van der Waals surface area contributed by atoms with Gasteiger partial charge in [0.05, 0.1) is 11.6 Å². The average Bonchev–Trinajstić information content (AvgIpc) is 2.89. The second kappa shape index (κ2) is 5.40. The summed E-state index contributed by atoms with van der Waals surface area (Å²) < 4.78 is 5.71. The maximum absolute atomic E-state index is 9.45. The van der Waals surface area contributed by atoms with E-state index < -0.39 is 0 Å². The topological polar surface area (TPSA) is 83.1 Å². The van der Waals surface area contributed by atoms with E-state index in [1.54, 1.807) is 0 Å². The first kappa shape index (κ1) is 13.9. The summed E-state index contributed by atoms with van der Waals surface area (Å²) in [5, 5.41) is 9.45. The minimum Gasteiger partial charge on any atom is -0.458 e. The van der Waals surface area contributed by atoms with E-state index >= 15 is 0 Å². The minimum atomic E-state index is -0.209. The number of hydrazine groups is 1. The first-order valence-corrected chi connectivity index (χ1v) is 7.26. The van der Waals surface area contributed by atoms with Crippen molar-refractivity contribution >= 4 is 0 Å². The monoisotopic (exact) mass is 284 g/mol. The van der Waals surface area contributed by atoms with Crippen molar-refractivity contribution in [2.24, 2.45) is 23.5 Å². The lowest BCUT2D eigenvalue weighted by atomic mass is 9.72. The Bertz CT molecular complexity index is 590. The molecule has 4 N–H and O–H groups in total. The van der Waals surface area contributed by atoms with Crippen LogP contribution >= 0.6 is 0 Å². The number of nitrogens with one attached hydrogen (secondary N) is 2. The van der Waals surface area contributed by atoms with E-state index in [0.717, 1.165) is 0 Å². The summed E-state index contributed by atoms with van der Waals surface area (Å²) in [6.07, 6.45) is -0.209. The Labute approximate surface area is 124 Å². The summed E-state index contributed by atoms with van der Waals surface area (Å²) in [5.41, 5.74) is 14.1. The molecule has 1 saturated heterocycles. The van der Waals surface area contributed by atoms with Crippen molar-refractivity contribution in [1.29, 1.82) is 5.26 Å². The van der Waals surface area contributed by atoms with Gasteiger partial charge in [-0.1, -0.05) is 44.2 Å². The number of fused-ring (bicyclic) bond motifs is 1. The first-order chi connectivity index (χ1) is 10.1. The summed E-state index contributed by atoms with van der Waals surface area (Å²) in [6, 6.07) is 12.6. The van der Waals surface area contributed by atoms with Crippen molar-refractivity contribution < 1.29 is 4.74 Å². The van der Waals surface area contributed by atoms with Gasteiger partial charge in [-0.25, -0.2) is 10.9 Å². The molecule has 4 unspecified atom stereocenters. The van der Waals surface area contributed by atoms with Crippen molar-refractivity contribution in [2.45, 2.75) is 26.1 Å². The van der Waals surface area contributed by atoms with Crippen molar-refractivity contribution in [2.75, 3.05) is 0 Å². The zero-order valence-electron chi connectivity index (χ0n) is 12.2. The van der Waals surface area contributed by atoms with Crippen LogP contribution in [-0.4, -0.2) is 6.23 Å². The maximum Gasteiger partial charge on any atom is 0.200 e. The van der Waals surface area contributed by atoms with E-state index in [4.69, 9.17) is 10.5 Å². The number of nitrogens with zero attached hydrogens (tertiary/aromatic N) is 1. The SMILES string of the molecule is CC(C)C1C(C#N)=C(N)OC2NNC(c3ccccc3)C21. The Hall–Kier alpha value is -2.03. The third kappa shape index (κ3) is 2.27. The molecule has 5 heteroatoms. The molecule has 0 bridgehead atoms. The van der Waals surface area contributed by atoms with Gasteiger partial charge in [-0.2, -0.15) is 5.26 Å². The first-order valence-electron chi connectivity index (χ1n) is 7.26. The molecule has 0 amide bonds. The number of rotatable bonds is 2. The Morgan fingerprint density at radius 3 is 2.57 bits per heavy atom. The number of nitriles is 1. The van der Waals surface area contributed by atoms with Crippen LogP contribution in [0.2, 0.25) is 0 Å². The van der Waals surface area contributed by atoms with Crippen LogP contribution in [0.4, 0.5) is 0 Å². The number of hydrogen-bond acceptors (Lipinski definition) is 5. The molecule has 3 rings (SSSR count). The predicted octanol–water partition coefficient (Wildman–Crippen LogP) is 1.77. The van der Waals surface area contributed by atoms with Crippen LogP contribution < -0.4 is 16.6 Å². The molecular weight excluding hydrogens is 264 g/mol. The normalized spacial score (nSPS) is 31.7. The molecule has 110 valence electrons. The quantitative estimate of drug-likeness (QED) is 0.771. The molecule has 0 saturated carbocycles. The van der Waals surface area contributed by atoms with E-state index in [9.17, 15) is 5.26 Å². The van der Waals surface area contributed by atoms with Gasteiger partial charge in [-0.05, 0) is 11.5 Å². The Balaban J connectivity index is 2.02. The van der Waals surface area contributed by atoms with Gasteiger partial charge < -0.3 is 10.5 Å². The molecule has 1 aromatic carbocycles. The van der Waals surface area contributed by atoms with Gasteiger partial charge in [-0.15, -0.1) is 0 Å². The minimum absolute atomic E-state index is 0.0708. The maximum atomic E-state index is 9.45. The van der Waals surface area contributed by atoms with E-state index in [0.29, 0.717) is 11.5 Å². The summed E-state index contributed by atoms with van der Waals surface area (Å²) in [5.74, 6) is 0.763. The molecule has 2 aliphatic rings. The van der Waals surface area contributed by atoms with Gasteiger partial charge in [0.25, 0.3) is 0 Å². The Kier molecular flexibility index (Phi) is 3.58. The van der Waals surface area contributed by atoms with Gasteiger partial charge >= 0.3 is 0 Å². The van der Waals surface area contributed by atoms with Crippen molar-refractivity contribution in [3.05, 3.63) is 47.4 Å². The number of benzene rings is 1. The van der Waals surface area contributed by atoms with E-state index in [2.05, 4.69) is 42.9 Å². The van der Waals surface area contributed by atoms with Gasteiger partial charge in [0.1, 0.15) is 6.07 Å². The standard InChI is InChI=1S/C16H20N4O/c1-9(2)12-11(8-17)15(18)21-16-13(12)14(19-20-16)10-6-4-3-5-7-10/h3-7,9,12-14,16,19-20H,18H2,1-2H3. The summed E-state index contributed by atoms with van der Waals surface area (Å²) in [7, 11) is 0. The van der Waals surface area contributed by atoms with Crippen LogP contribution in [0.25, 0.3) is 0 Å². The van der Waals surface area contributed by atoms with Crippen LogP contribution in [-0.2, 0) is 4.74 Å². The van der Waals surface area contributed by atoms with E-state index in [1.807, 2.05) is 18.2 Å². The van der Waals surface area contributed by atoms with Crippen LogP contribution in [0.15, 0.2) is 41.8 Å². The van der Waals surface area contributed by atoms with Crippen molar-refractivity contribution in [1.82, 2.24) is 10.9 Å². The van der Waals surface area contributed by atoms with Crippen LogP contribution in [0.1, 0.15) is 25.5 Å². The highest BCUT2D eigenvalue weighted by Crippen LogP contribution is 2.45. The second-order valence-electron chi connectivity index (χ2n) is 5.95. The molecule has 21 heavy (non-hydrogen) atoms. The van der Waals surface area contributed by atoms with Gasteiger partial charge in [-0.3, -0.25) is 0 Å². The Morgan fingerprint density at radius 2 is 1.95 bits per heavy atom. The van der Waals surface area contributed by atoms with Gasteiger partial charge in [0.15, 0.2) is 12.1 Å². The highest BCUT2D eigenvalue weighted by Gasteiger charge is 2.49. The molecule has 0 radical (unpaired) electrons. The number of nitrogens with two attached hydrogens (primary N) is 1. The van der Waals surface area contributed by atoms with Crippen LogP contribution in [0, 0.1) is 29.1 Å². The molecule has 2 heterocycles. The largest absolute Gasteiger partial charge is 0.458 e. The molecule has 1 aromatic rings. The van der Waals surface area contributed by atoms with E-state index in [1.165, 1.54) is 5.56 Å². The van der Waals surface area contributed by atoms with Crippen LogP contribution in [0.5, 0.6) is 0 Å². The molecule has 0 spiro atoms. The summed E-state index contributed by atoms with van der Waals surface area (Å²) in [6.45, 7) is 4.25. The highest BCUT2D eigenvalue weighted by atomic mass is 16.5. The van der Waals surface area contributed by atoms with E-state index in [-0.39, 0.29) is 30.0 Å². The number of allylic oxidation sites excluding steroid dienone is 1. The lowest BCUT2D eigenvalue weighted by molar-refractivity contribution is 0.00975. The third-order valence-electron chi connectivity index (χ3n) is 4.38. The predicted molar refractivity (Wildman–Crippen MR) is 79.0 cm³/mol. The fraction of sp³-hybridized carbons (Fsp3) is 0.438.